The molecule has 0 aromatic carbocycles. The first-order valence-electron chi connectivity index (χ1n) is 4.50. The zero-order valence-corrected chi connectivity index (χ0v) is 11.0. The first-order chi connectivity index (χ1) is 5.46. The Morgan fingerprint density at radius 1 is 0.583 bits per heavy atom. The minimum atomic E-state index is -0.293. The Hall–Kier alpha value is -0.0862. The molecule has 1 rings (SSSR count). The second kappa shape index (κ2) is 3.34. The van der Waals surface area contributed by atoms with Crippen molar-refractivity contribution in [3.63, 3.8) is 0 Å². The van der Waals surface area contributed by atoms with Gasteiger partial charge in [-0.25, -0.2) is 0 Å². The maximum Gasteiger partial charge on any atom is 0.0396 e. The third kappa shape index (κ3) is 1.38. The molecule has 0 N–H and O–H groups in total. The van der Waals surface area contributed by atoms with Crippen LogP contribution in [0.15, 0.2) is 0 Å². The molecule has 12 heavy (non-hydrogen) atoms. The van der Waals surface area contributed by atoms with Gasteiger partial charge in [0, 0.05) is 16.8 Å². The van der Waals surface area contributed by atoms with E-state index in [9.17, 15) is 0 Å². The molecule has 0 fully saturated rings. The van der Waals surface area contributed by atoms with E-state index >= 15 is 0 Å². The van der Waals surface area contributed by atoms with Gasteiger partial charge in [-0.1, -0.05) is 33.8 Å². The minimum Gasteiger partial charge on any atom is -0.0680 e. The Morgan fingerprint density at radius 3 is 0.917 bits per heavy atom. The van der Waals surface area contributed by atoms with E-state index in [4.69, 9.17) is 0 Å². The summed E-state index contributed by atoms with van der Waals surface area (Å²) in [5.74, 6) is 0. The lowest BCUT2D eigenvalue weighted by atomic mass is 10.5. The largest absolute Gasteiger partial charge is 0.0680 e. The Balaban J connectivity index is 3.60. The van der Waals surface area contributed by atoms with Gasteiger partial charge in [0.15, 0.2) is 0 Å². The molecule has 0 saturated carbocycles. The van der Waals surface area contributed by atoms with E-state index in [1.807, 2.05) is 0 Å². The van der Waals surface area contributed by atoms with Crippen molar-refractivity contribution in [3.8, 4) is 0 Å². The fourth-order valence-electron chi connectivity index (χ4n) is 1.69. The van der Waals surface area contributed by atoms with Crippen molar-refractivity contribution in [2.24, 2.45) is 13.1 Å². The maximum atomic E-state index is 2.43. The first kappa shape index (κ1) is 10.00. The molecule has 0 aliphatic rings. The standard InChI is InChI=1S/C10H18Si2/c1-7-8(2)12(6)10(4)9(3)11(7)5/h1-6H3. The predicted molar refractivity (Wildman–Crippen MR) is 59.3 cm³/mol. The lowest BCUT2D eigenvalue weighted by Gasteiger charge is -2.14. The molecule has 0 bridgehead atoms. The molecular weight excluding hydrogens is 176 g/mol. The van der Waals surface area contributed by atoms with E-state index in [0.717, 1.165) is 0 Å². The van der Waals surface area contributed by atoms with Gasteiger partial charge in [-0.2, -0.15) is 0 Å². The molecule has 0 spiro atoms. The van der Waals surface area contributed by atoms with Crippen molar-refractivity contribution in [1.29, 1.82) is 0 Å². The van der Waals surface area contributed by atoms with Crippen LogP contribution in [0.1, 0.15) is 20.7 Å². The lowest BCUT2D eigenvalue weighted by molar-refractivity contribution is 1.38. The van der Waals surface area contributed by atoms with Crippen LogP contribution in [0, 0.1) is 27.7 Å². The second-order valence-electron chi connectivity index (χ2n) is 3.75. The van der Waals surface area contributed by atoms with Gasteiger partial charge < -0.3 is 0 Å². The predicted octanol–water partition coefficient (Wildman–Crippen LogP) is 2.05. The number of hydrogen-bond donors (Lipinski definition) is 0. The zero-order chi connectivity index (χ0) is 9.46. The fraction of sp³-hybridized carbons (Fsp3) is 0.600. The molecule has 2 heteroatoms. The molecule has 0 aliphatic heterocycles. The fourth-order valence-corrected chi connectivity index (χ4v) is 7.31. The van der Waals surface area contributed by atoms with Crippen LogP contribution in [0.5, 0.6) is 0 Å². The molecule has 66 valence electrons. The van der Waals surface area contributed by atoms with Crippen molar-refractivity contribution in [1.82, 2.24) is 0 Å². The van der Waals surface area contributed by atoms with Crippen molar-refractivity contribution in [2.45, 2.75) is 27.7 Å². The average Bonchev–Trinajstić information content (AvgIpc) is 2.08. The van der Waals surface area contributed by atoms with Gasteiger partial charge >= 0.3 is 0 Å². The van der Waals surface area contributed by atoms with E-state index in [-0.39, 0.29) is 16.8 Å². The summed E-state index contributed by atoms with van der Waals surface area (Å²) >= 11 is 0. The maximum absolute atomic E-state index is 2.43. The average molecular weight is 194 g/mol. The van der Waals surface area contributed by atoms with Gasteiger partial charge in [0.05, 0.1) is 0 Å². The van der Waals surface area contributed by atoms with E-state index < -0.39 is 0 Å². The van der Waals surface area contributed by atoms with Crippen LogP contribution in [0.2, 0.25) is 0 Å². The highest BCUT2D eigenvalue weighted by atomic mass is 28.2. The smallest absolute Gasteiger partial charge is 0.0396 e. The SMILES string of the molecule is Cc1c(C)[si](C)c(C)c(C)[si]1C. The van der Waals surface area contributed by atoms with Crippen LogP contribution in [0.3, 0.4) is 0 Å². The first-order valence-corrected chi connectivity index (χ1v) is 8.50. The Kier molecular flexibility index (Phi) is 2.78. The Bertz CT molecular complexity index is 222. The minimum absolute atomic E-state index is 0.293. The summed E-state index contributed by atoms with van der Waals surface area (Å²) < 4.78 is 0. The lowest BCUT2D eigenvalue weighted by Crippen LogP contribution is -2.16. The van der Waals surface area contributed by atoms with Gasteiger partial charge in [-0.3, -0.25) is 0 Å². The van der Waals surface area contributed by atoms with Gasteiger partial charge in [0.25, 0.3) is 0 Å². The highest BCUT2D eigenvalue weighted by Crippen LogP contribution is 2.11. The molecule has 0 radical (unpaired) electrons. The summed E-state index contributed by atoms with van der Waals surface area (Å²) in [7, 11) is -0.587. The normalized spacial score (nSPS) is 10.5. The van der Waals surface area contributed by atoms with Gasteiger partial charge in [0.1, 0.15) is 0 Å². The molecule has 0 aliphatic carbocycles. The van der Waals surface area contributed by atoms with Gasteiger partial charge in [-0.05, 0) is 27.7 Å². The zero-order valence-electron chi connectivity index (χ0n) is 9.00. The van der Waals surface area contributed by atoms with Crippen molar-refractivity contribution < 1.29 is 0 Å². The summed E-state index contributed by atoms with van der Waals surface area (Å²) in [5.41, 5.74) is 0. The van der Waals surface area contributed by atoms with Crippen molar-refractivity contribution >= 4 is 16.8 Å². The monoisotopic (exact) mass is 194 g/mol. The van der Waals surface area contributed by atoms with Crippen LogP contribution in [-0.4, -0.2) is 16.8 Å². The van der Waals surface area contributed by atoms with Crippen LogP contribution >= 0.6 is 0 Å². The second-order valence-corrected chi connectivity index (χ2v) is 9.25. The van der Waals surface area contributed by atoms with E-state index in [1.165, 1.54) is 0 Å². The van der Waals surface area contributed by atoms with Crippen LogP contribution in [0.4, 0.5) is 0 Å². The topological polar surface area (TPSA) is 0 Å². The molecule has 0 atom stereocenters. The van der Waals surface area contributed by atoms with E-state index in [2.05, 4.69) is 40.8 Å². The molecule has 0 unspecified atom stereocenters. The summed E-state index contributed by atoms with van der Waals surface area (Å²) in [6.45, 7) is 14.2. The van der Waals surface area contributed by atoms with Gasteiger partial charge in [0.2, 0.25) is 0 Å². The molecular formula is C10H18Si2. The Morgan fingerprint density at radius 2 is 0.750 bits per heavy atom. The number of rotatable bonds is 0. The molecule has 1 aromatic heterocycles. The van der Waals surface area contributed by atoms with E-state index in [1.54, 1.807) is 20.7 Å². The third-order valence-electron chi connectivity index (χ3n) is 3.38. The molecule has 0 saturated heterocycles. The van der Waals surface area contributed by atoms with Crippen molar-refractivity contribution in [3.05, 3.63) is 20.7 Å². The Labute approximate surface area is 78.7 Å². The van der Waals surface area contributed by atoms with Crippen LogP contribution in [0.25, 0.3) is 0 Å². The van der Waals surface area contributed by atoms with Crippen molar-refractivity contribution in [2.75, 3.05) is 0 Å². The molecule has 1 heterocycles. The van der Waals surface area contributed by atoms with Crippen LogP contribution in [-0.2, 0) is 13.1 Å². The molecule has 0 nitrogen and oxygen atoms in total. The molecule has 1 aromatic rings. The third-order valence-corrected chi connectivity index (χ3v) is 9.88. The highest BCUT2D eigenvalue weighted by Gasteiger charge is 2.08. The molecule has 0 amide bonds. The summed E-state index contributed by atoms with van der Waals surface area (Å²) in [5, 5.41) is 6.89. The summed E-state index contributed by atoms with van der Waals surface area (Å²) in [6, 6.07) is 0. The van der Waals surface area contributed by atoms with Crippen LogP contribution < -0.4 is 0 Å². The highest BCUT2D eigenvalue weighted by molar-refractivity contribution is 6.64. The number of hydrogen-bond acceptors (Lipinski definition) is 0. The summed E-state index contributed by atoms with van der Waals surface area (Å²) in [4.78, 5) is 0. The summed E-state index contributed by atoms with van der Waals surface area (Å²) in [6.07, 6.45) is 0. The van der Waals surface area contributed by atoms with Gasteiger partial charge in [-0.15, -0.1) is 0 Å². The van der Waals surface area contributed by atoms with E-state index in [0.29, 0.717) is 0 Å². The quantitative estimate of drug-likeness (QED) is 0.555.